The minimum Gasteiger partial charge on any atom is -0.378 e. The summed E-state index contributed by atoms with van der Waals surface area (Å²) in [6.07, 6.45) is -0.278. The third kappa shape index (κ3) is 4.32. The Bertz CT molecular complexity index is 582. The van der Waals surface area contributed by atoms with E-state index in [-0.39, 0.29) is 18.2 Å². The lowest BCUT2D eigenvalue weighted by molar-refractivity contribution is 0.0358. The molecule has 2 atom stereocenters. The number of hydrogen-bond acceptors (Lipinski definition) is 4. The van der Waals surface area contributed by atoms with Gasteiger partial charge in [-0.1, -0.05) is 29.3 Å². The number of benzene rings is 1. The average molecular weight is 374 g/mol. The van der Waals surface area contributed by atoms with Crippen LogP contribution < -0.4 is 10.6 Å². The predicted octanol–water partition coefficient (Wildman–Crippen LogP) is 2.06. The Hall–Kier alpha value is -1.05. The van der Waals surface area contributed by atoms with Gasteiger partial charge >= 0.3 is 6.03 Å². The molecule has 132 valence electrons. The number of ether oxygens (including phenoxy) is 2. The lowest BCUT2D eigenvalue weighted by Crippen LogP contribution is -2.52. The smallest absolute Gasteiger partial charge is 0.317 e. The minimum absolute atomic E-state index is 0.0966. The van der Waals surface area contributed by atoms with Gasteiger partial charge in [0.05, 0.1) is 35.9 Å². The molecule has 8 heteroatoms. The van der Waals surface area contributed by atoms with Gasteiger partial charge in [-0.25, -0.2) is 4.79 Å². The highest BCUT2D eigenvalue weighted by Crippen LogP contribution is 2.29. The van der Waals surface area contributed by atoms with E-state index in [1.165, 1.54) is 0 Å². The van der Waals surface area contributed by atoms with E-state index < -0.39 is 0 Å². The third-order valence-corrected chi connectivity index (χ3v) is 4.92. The molecule has 0 radical (unpaired) electrons. The summed E-state index contributed by atoms with van der Waals surface area (Å²) in [4.78, 5) is 14.3. The van der Waals surface area contributed by atoms with Crippen molar-refractivity contribution in [2.24, 2.45) is 0 Å². The van der Waals surface area contributed by atoms with Crippen LogP contribution in [0.5, 0.6) is 0 Å². The number of halogens is 2. The zero-order valence-electron chi connectivity index (χ0n) is 13.3. The molecule has 0 bridgehead atoms. The molecule has 3 rings (SSSR count). The van der Waals surface area contributed by atoms with Crippen molar-refractivity contribution in [3.8, 4) is 0 Å². The Morgan fingerprint density at radius 1 is 1.21 bits per heavy atom. The highest BCUT2D eigenvalue weighted by molar-refractivity contribution is 6.42. The number of amides is 2. The maximum atomic E-state index is 12.5. The van der Waals surface area contributed by atoms with Gasteiger partial charge in [-0.15, -0.1) is 0 Å². The Kier molecular flexibility index (Phi) is 6.19. The summed E-state index contributed by atoms with van der Waals surface area (Å²) in [7, 11) is 0. The molecule has 2 aliphatic heterocycles. The average Bonchev–Trinajstić information content (AvgIpc) is 2.83. The van der Waals surface area contributed by atoms with E-state index in [1.54, 1.807) is 17.0 Å². The standard InChI is InChI=1S/C16H21Cl2N3O3/c17-12-2-1-11(9-13(12)18)15-14(10-19-3-6-24-15)20-16(22)21-4-7-23-8-5-21/h1-2,9,14-15,19H,3-8,10H2,(H,20,22)/t14-,15+/m1/s1. The summed E-state index contributed by atoms with van der Waals surface area (Å²) in [5.74, 6) is 0. The number of carbonyl (C=O) groups is 1. The molecular formula is C16H21Cl2N3O3. The van der Waals surface area contributed by atoms with Gasteiger partial charge in [0, 0.05) is 26.2 Å². The summed E-state index contributed by atoms with van der Waals surface area (Å²) >= 11 is 12.1. The summed E-state index contributed by atoms with van der Waals surface area (Å²) in [5.41, 5.74) is 0.903. The molecule has 2 saturated heterocycles. The van der Waals surface area contributed by atoms with Crippen LogP contribution in [-0.2, 0) is 9.47 Å². The molecule has 1 aromatic rings. The fourth-order valence-corrected chi connectivity index (χ4v) is 3.21. The van der Waals surface area contributed by atoms with E-state index in [9.17, 15) is 4.79 Å². The number of carbonyl (C=O) groups excluding carboxylic acids is 1. The van der Waals surface area contributed by atoms with Crippen LogP contribution in [0.25, 0.3) is 0 Å². The maximum Gasteiger partial charge on any atom is 0.317 e. The number of rotatable bonds is 2. The Labute approximate surface area is 151 Å². The first kappa shape index (κ1) is 17.8. The van der Waals surface area contributed by atoms with Crippen molar-refractivity contribution in [2.75, 3.05) is 46.0 Å². The van der Waals surface area contributed by atoms with Crippen LogP contribution in [0.2, 0.25) is 10.0 Å². The Morgan fingerprint density at radius 2 is 2.00 bits per heavy atom. The summed E-state index contributed by atoms with van der Waals surface area (Å²) in [6.45, 7) is 4.28. The largest absolute Gasteiger partial charge is 0.378 e. The van der Waals surface area contributed by atoms with Gasteiger partial charge in [0.15, 0.2) is 0 Å². The molecule has 2 heterocycles. The zero-order chi connectivity index (χ0) is 16.9. The molecule has 24 heavy (non-hydrogen) atoms. The van der Waals surface area contributed by atoms with Crippen LogP contribution >= 0.6 is 23.2 Å². The highest BCUT2D eigenvalue weighted by atomic mass is 35.5. The molecule has 0 saturated carbocycles. The van der Waals surface area contributed by atoms with E-state index in [0.29, 0.717) is 49.5 Å². The molecule has 2 fully saturated rings. The van der Waals surface area contributed by atoms with Crippen molar-refractivity contribution in [1.82, 2.24) is 15.5 Å². The molecule has 0 aliphatic carbocycles. The van der Waals surface area contributed by atoms with Gasteiger partial charge in [-0.2, -0.15) is 0 Å². The van der Waals surface area contributed by atoms with E-state index in [1.807, 2.05) is 6.07 Å². The number of hydrogen-bond donors (Lipinski definition) is 2. The van der Waals surface area contributed by atoms with Gasteiger partial charge in [-0.3, -0.25) is 0 Å². The van der Waals surface area contributed by atoms with Crippen LogP contribution in [0.4, 0.5) is 4.79 Å². The van der Waals surface area contributed by atoms with Crippen molar-refractivity contribution in [1.29, 1.82) is 0 Å². The monoisotopic (exact) mass is 373 g/mol. The van der Waals surface area contributed by atoms with E-state index in [2.05, 4.69) is 10.6 Å². The Morgan fingerprint density at radius 3 is 2.75 bits per heavy atom. The van der Waals surface area contributed by atoms with Gasteiger partial charge in [0.25, 0.3) is 0 Å². The molecule has 2 aliphatic rings. The zero-order valence-corrected chi connectivity index (χ0v) is 14.8. The predicted molar refractivity (Wildman–Crippen MR) is 92.7 cm³/mol. The molecule has 1 aromatic carbocycles. The fraction of sp³-hybridized carbons (Fsp3) is 0.562. The molecule has 2 amide bonds. The first-order valence-electron chi connectivity index (χ1n) is 8.05. The van der Waals surface area contributed by atoms with E-state index in [4.69, 9.17) is 32.7 Å². The van der Waals surface area contributed by atoms with Crippen LogP contribution in [0, 0.1) is 0 Å². The lowest BCUT2D eigenvalue weighted by Gasteiger charge is -2.31. The quantitative estimate of drug-likeness (QED) is 0.832. The summed E-state index contributed by atoms with van der Waals surface area (Å²) < 4.78 is 11.3. The number of urea groups is 1. The summed E-state index contributed by atoms with van der Waals surface area (Å²) in [6, 6.07) is 5.15. The topological polar surface area (TPSA) is 62.8 Å². The number of morpholine rings is 1. The molecule has 0 spiro atoms. The normalized spacial score (nSPS) is 25.2. The van der Waals surface area contributed by atoms with Crippen LogP contribution in [-0.4, -0.2) is 63.0 Å². The third-order valence-electron chi connectivity index (χ3n) is 4.19. The molecule has 6 nitrogen and oxygen atoms in total. The fourth-order valence-electron chi connectivity index (χ4n) is 2.90. The van der Waals surface area contributed by atoms with Crippen molar-refractivity contribution in [3.05, 3.63) is 33.8 Å². The molecule has 2 N–H and O–H groups in total. The van der Waals surface area contributed by atoms with Gasteiger partial charge in [-0.05, 0) is 17.7 Å². The summed E-state index contributed by atoms with van der Waals surface area (Å²) in [5, 5.41) is 7.35. The Balaban J connectivity index is 1.74. The van der Waals surface area contributed by atoms with Crippen LogP contribution in [0.3, 0.4) is 0 Å². The van der Waals surface area contributed by atoms with Crippen molar-refractivity contribution in [2.45, 2.75) is 12.1 Å². The molecule has 0 aromatic heterocycles. The van der Waals surface area contributed by atoms with Crippen LogP contribution in [0.15, 0.2) is 18.2 Å². The van der Waals surface area contributed by atoms with Crippen molar-refractivity contribution >= 4 is 29.2 Å². The first-order valence-corrected chi connectivity index (χ1v) is 8.81. The van der Waals surface area contributed by atoms with E-state index in [0.717, 1.165) is 12.1 Å². The molecular weight excluding hydrogens is 353 g/mol. The van der Waals surface area contributed by atoms with Crippen molar-refractivity contribution < 1.29 is 14.3 Å². The minimum atomic E-state index is -0.278. The second kappa shape index (κ2) is 8.36. The maximum absolute atomic E-state index is 12.5. The lowest BCUT2D eigenvalue weighted by atomic mass is 10.0. The van der Waals surface area contributed by atoms with Gasteiger partial charge in [0.2, 0.25) is 0 Å². The SMILES string of the molecule is O=C(N[C@@H]1CNCCO[C@H]1c1ccc(Cl)c(Cl)c1)N1CCOCC1. The molecule has 0 unspecified atom stereocenters. The second-order valence-electron chi connectivity index (χ2n) is 5.82. The van der Waals surface area contributed by atoms with Crippen LogP contribution in [0.1, 0.15) is 11.7 Å². The van der Waals surface area contributed by atoms with Gasteiger partial charge in [0.1, 0.15) is 6.10 Å². The highest BCUT2D eigenvalue weighted by Gasteiger charge is 2.29. The van der Waals surface area contributed by atoms with E-state index >= 15 is 0 Å². The number of nitrogens with one attached hydrogen (secondary N) is 2. The van der Waals surface area contributed by atoms with Crippen molar-refractivity contribution in [3.63, 3.8) is 0 Å². The number of nitrogens with zero attached hydrogens (tertiary/aromatic N) is 1. The second-order valence-corrected chi connectivity index (χ2v) is 6.64. The van der Waals surface area contributed by atoms with Gasteiger partial charge < -0.3 is 25.0 Å². The first-order chi connectivity index (χ1) is 11.6.